The van der Waals surface area contributed by atoms with Crippen molar-refractivity contribution in [1.29, 1.82) is 0 Å². The van der Waals surface area contributed by atoms with Crippen LogP contribution in [0, 0.1) is 0 Å². The molecule has 0 heterocycles. The second-order valence-corrected chi connectivity index (χ2v) is 4.38. The summed E-state index contributed by atoms with van der Waals surface area (Å²) < 4.78 is 4.63. The first kappa shape index (κ1) is 14.4. The summed E-state index contributed by atoms with van der Waals surface area (Å²) >= 11 is 5.17. The zero-order valence-electron chi connectivity index (χ0n) is 10.8. The summed E-state index contributed by atoms with van der Waals surface area (Å²) in [7, 11) is 1.36. The summed E-state index contributed by atoms with van der Waals surface area (Å²) in [5, 5.41) is 6.79. The molecule has 1 atom stereocenters. The minimum atomic E-state index is -0.346. The smallest absolute Gasteiger partial charge is 0.337 e. The maximum atomic E-state index is 11.3. The maximum absolute atomic E-state index is 11.3. The van der Waals surface area contributed by atoms with Crippen LogP contribution in [0.15, 0.2) is 24.3 Å². The van der Waals surface area contributed by atoms with Crippen LogP contribution < -0.4 is 10.6 Å². The molecule has 1 aromatic carbocycles. The molecular formula is C13H18N2O2S. The number of anilines is 1. The number of thiocarbonyl (C=S) groups is 1. The van der Waals surface area contributed by atoms with Gasteiger partial charge < -0.3 is 15.4 Å². The van der Waals surface area contributed by atoms with E-state index in [-0.39, 0.29) is 5.97 Å². The van der Waals surface area contributed by atoms with E-state index in [4.69, 9.17) is 12.2 Å². The first-order chi connectivity index (χ1) is 8.56. The molecule has 0 bridgehead atoms. The van der Waals surface area contributed by atoms with Crippen molar-refractivity contribution in [3.63, 3.8) is 0 Å². The van der Waals surface area contributed by atoms with E-state index in [9.17, 15) is 4.79 Å². The summed E-state index contributed by atoms with van der Waals surface area (Å²) in [5.74, 6) is -0.346. The van der Waals surface area contributed by atoms with Crippen LogP contribution in [0.25, 0.3) is 0 Å². The van der Waals surface area contributed by atoms with Crippen LogP contribution in [0.4, 0.5) is 5.69 Å². The molecule has 2 N–H and O–H groups in total. The van der Waals surface area contributed by atoms with Gasteiger partial charge in [-0.2, -0.15) is 0 Å². The molecule has 0 aliphatic carbocycles. The molecule has 0 aromatic heterocycles. The Morgan fingerprint density at radius 3 is 2.50 bits per heavy atom. The van der Waals surface area contributed by atoms with Crippen LogP contribution in [0.1, 0.15) is 30.6 Å². The third-order valence-corrected chi connectivity index (χ3v) is 2.77. The molecule has 0 unspecified atom stereocenters. The van der Waals surface area contributed by atoms with Crippen molar-refractivity contribution in [1.82, 2.24) is 5.32 Å². The molecule has 0 radical (unpaired) electrons. The number of hydrogen-bond donors (Lipinski definition) is 2. The molecular weight excluding hydrogens is 248 g/mol. The topological polar surface area (TPSA) is 50.4 Å². The second-order valence-electron chi connectivity index (χ2n) is 3.98. The molecule has 0 aliphatic rings. The molecule has 4 nitrogen and oxygen atoms in total. The third kappa shape index (κ3) is 4.33. The van der Waals surface area contributed by atoms with Crippen molar-refractivity contribution in [2.24, 2.45) is 0 Å². The fraction of sp³-hybridized carbons (Fsp3) is 0.385. The molecule has 1 aromatic rings. The van der Waals surface area contributed by atoms with E-state index in [1.54, 1.807) is 24.3 Å². The lowest BCUT2D eigenvalue weighted by atomic mass is 10.2. The highest BCUT2D eigenvalue weighted by Crippen LogP contribution is 2.10. The van der Waals surface area contributed by atoms with Gasteiger partial charge in [0.25, 0.3) is 0 Å². The standard InChI is InChI=1S/C13H18N2O2S/c1-4-9(2)14-13(18)15-11-7-5-10(6-8-11)12(16)17-3/h5-9H,4H2,1-3H3,(H2,14,15,18)/t9-/m1/s1. The minimum absolute atomic E-state index is 0.333. The van der Waals surface area contributed by atoms with Crippen LogP contribution in [0.5, 0.6) is 0 Å². The van der Waals surface area contributed by atoms with Crippen molar-refractivity contribution in [3.8, 4) is 0 Å². The lowest BCUT2D eigenvalue weighted by molar-refractivity contribution is 0.0601. The molecule has 1 rings (SSSR count). The van der Waals surface area contributed by atoms with Crippen molar-refractivity contribution in [2.45, 2.75) is 26.3 Å². The number of hydrogen-bond acceptors (Lipinski definition) is 3. The Hall–Kier alpha value is -1.62. The number of esters is 1. The van der Waals surface area contributed by atoms with E-state index < -0.39 is 0 Å². The predicted octanol–water partition coefficient (Wildman–Crippen LogP) is 2.56. The van der Waals surface area contributed by atoms with Gasteiger partial charge in [0.2, 0.25) is 0 Å². The van der Waals surface area contributed by atoms with E-state index >= 15 is 0 Å². The van der Waals surface area contributed by atoms with E-state index in [2.05, 4.69) is 29.2 Å². The normalized spacial score (nSPS) is 11.5. The highest BCUT2D eigenvalue weighted by Gasteiger charge is 2.05. The van der Waals surface area contributed by atoms with Crippen LogP contribution in [-0.2, 0) is 4.74 Å². The fourth-order valence-corrected chi connectivity index (χ4v) is 1.62. The van der Waals surface area contributed by atoms with Gasteiger partial charge in [0, 0.05) is 11.7 Å². The average molecular weight is 266 g/mol. The Morgan fingerprint density at radius 1 is 1.39 bits per heavy atom. The fourth-order valence-electron chi connectivity index (χ4n) is 1.30. The van der Waals surface area contributed by atoms with Gasteiger partial charge >= 0.3 is 5.97 Å². The summed E-state index contributed by atoms with van der Waals surface area (Å²) in [5.41, 5.74) is 1.35. The maximum Gasteiger partial charge on any atom is 0.337 e. The zero-order chi connectivity index (χ0) is 13.5. The Bertz CT molecular complexity index is 418. The first-order valence-electron chi connectivity index (χ1n) is 5.82. The Kier molecular flexibility index (Phi) is 5.58. The van der Waals surface area contributed by atoms with Gasteiger partial charge in [0.15, 0.2) is 5.11 Å². The third-order valence-electron chi connectivity index (χ3n) is 2.55. The summed E-state index contributed by atoms with van der Waals surface area (Å²) in [4.78, 5) is 11.3. The number of benzene rings is 1. The lowest BCUT2D eigenvalue weighted by Crippen LogP contribution is -2.35. The molecule has 0 aliphatic heterocycles. The molecule has 0 fully saturated rings. The summed E-state index contributed by atoms with van der Waals surface area (Å²) in [6.07, 6.45) is 1.00. The molecule has 18 heavy (non-hydrogen) atoms. The van der Waals surface area contributed by atoms with E-state index in [0.29, 0.717) is 16.7 Å². The Morgan fingerprint density at radius 2 is 2.00 bits per heavy atom. The lowest BCUT2D eigenvalue weighted by Gasteiger charge is -2.15. The van der Waals surface area contributed by atoms with Crippen LogP contribution in [-0.4, -0.2) is 24.2 Å². The minimum Gasteiger partial charge on any atom is -0.465 e. The molecule has 0 saturated carbocycles. The molecule has 5 heteroatoms. The van der Waals surface area contributed by atoms with E-state index in [1.807, 2.05) is 0 Å². The summed E-state index contributed by atoms with van der Waals surface area (Å²) in [6.45, 7) is 4.15. The van der Waals surface area contributed by atoms with Gasteiger partial charge in [-0.15, -0.1) is 0 Å². The largest absolute Gasteiger partial charge is 0.465 e. The SMILES string of the molecule is CC[C@@H](C)NC(=S)Nc1ccc(C(=O)OC)cc1. The summed E-state index contributed by atoms with van der Waals surface area (Å²) in [6, 6.07) is 7.30. The highest BCUT2D eigenvalue weighted by molar-refractivity contribution is 7.80. The van der Waals surface area contributed by atoms with Crippen LogP contribution in [0.2, 0.25) is 0 Å². The first-order valence-corrected chi connectivity index (χ1v) is 6.23. The Labute approximate surface area is 113 Å². The van der Waals surface area contributed by atoms with Crippen molar-refractivity contribution in [2.75, 3.05) is 12.4 Å². The Balaban J connectivity index is 2.58. The van der Waals surface area contributed by atoms with Gasteiger partial charge in [0.05, 0.1) is 12.7 Å². The highest BCUT2D eigenvalue weighted by atomic mass is 32.1. The van der Waals surface area contributed by atoms with E-state index in [1.165, 1.54) is 7.11 Å². The average Bonchev–Trinajstić information content (AvgIpc) is 2.38. The number of rotatable bonds is 4. The number of methoxy groups -OCH3 is 1. The van der Waals surface area contributed by atoms with Crippen LogP contribution >= 0.6 is 12.2 Å². The number of carbonyl (C=O) groups excluding carboxylic acids is 1. The zero-order valence-corrected chi connectivity index (χ0v) is 11.6. The molecule has 0 amide bonds. The van der Waals surface area contributed by atoms with Gasteiger partial charge in [-0.3, -0.25) is 0 Å². The predicted molar refractivity (Wildman–Crippen MR) is 76.9 cm³/mol. The van der Waals surface area contributed by atoms with Crippen molar-refractivity contribution < 1.29 is 9.53 Å². The quantitative estimate of drug-likeness (QED) is 0.648. The number of ether oxygens (including phenoxy) is 1. The van der Waals surface area contributed by atoms with Gasteiger partial charge in [0.1, 0.15) is 0 Å². The molecule has 0 saturated heterocycles. The van der Waals surface area contributed by atoms with Gasteiger partial charge in [-0.05, 0) is 49.8 Å². The van der Waals surface area contributed by atoms with Crippen molar-refractivity contribution in [3.05, 3.63) is 29.8 Å². The van der Waals surface area contributed by atoms with Gasteiger partial charge in [-0.1, -0.05) is 6.92 Å². The number of nitrogens with one attached hydrogen (secondary N) is 2. The second kappa shape index (κ2) is 6.96. The molecule has 0 spiro atoms. The van der Waals surface area contributed by atoms with Crippen molar-refractivity contribution >= 4 is 29.0 Å². The number of carbonyl (C=O) groups is 1. The monoisotopic (exact) mass is 266 g/mol. The molecule has 98 valence electrons. The van der Waals surface area contributed by atoms with E-state index in [0.717, 1.165) is 12.1 Å². The van der Waals surface area contributed by atoms with Gasteiger partial charge in [-0.25, -0.2) is 4.79 Å². The van der Waals surface area contributed by atoms with Crippen LogP contribution in [0.3, 0.4) is 0 Å².